The van der Waals surface area contributed by atoms with E-state index in [1.165, 1.54) is 0 Å². The molecule has 1 aliphatic heterocycles. The van der Waals surface area contributed by atoms with Gasteiger partial charge in [0.2, 0.25) is 0 Å². The maximum Gasteiger partial charge on any atom is 0.262 e. The molecule has 0 aliphatic carbocycles. The van der Waals surface area contributed by atoms with Crippen molar-refractivity contribution in [3.05, 3.63) is 58.6 Å². The molecule has 0 spiro atoms. The van der Waals surface area contributed by atoms with Crippen LogP contribution in [0.15, 0.2) is 42.5 Å². The minimum atomic E-state index is -0.939. The second-order valence-corrected chi connectivity index (χ2v) is 8.91. The largest absolute Gasteiger partial charge is 0.484 e. The lowest BCUT2D eigenvalue weighted by Crippen LogP contribution is -2.25. The van der Waals surface area contributed by atoms with E-state index in [1.807, 2.05) is 31.2 Å². The van der Waals surface area contributed by atoms with Crippen LogP contribution in [0.25, 0.3) is 0 Å². The topological polar surface area (TPSA) is 64.6 Å². The molecule has 1 unspecified atom stereocenters. The summed E-state index contributed by atoms with van der Waals surface area (Å²) in [6, 6.07) is 12.7. The van der Waals surface area contributed by atoms with Crippen molar-refractivity contribution >= 4 is 34.0 Å². The molecule has 0 radical (unpaired) electrons. The lowest BCUT2D eigenvalue weighted by molar-refractivity contribution is -0.118. The number of hydrogen-bond donors (Lipinski definition) is 1. The number of halogens is 1. The van der Waals surface area contributed by atoms with E-state index in [1.54, 1.807) is 18.2 Å². The quantitative estimate of drug-likeness (QED) is 0.731. The molecule has 0 bridgehead atoms. The van der Waals surface area contributed by atoms with Gasteiger partial charge >= 0.3 is 0 Å². The molecule has 3 rings (SSSR count). The normalized spacial score (nSPS) is 15.8. The third-order valence-corrected chi connectivity index (χ3v) is 6.82. The first-order valence-electron chi connectivity index (χ1n) is 9.24. The van der Waals surface area contributed by atoms with Crippen molar-refractivity contribution in [2.24, 2.45) is 0 Å². The standard InChI is InChI=1S/C21H24ClNO4S/c1-15-11-18(5-6-20(15)22)27-13-21(24)23-17-4-2-3-16(12-17)14-28(25)19-7-9-26-10-8-19/h2-6,11-12,19H,7-10,13-14H2,1H3,(H,23,24). The first-order valence-corrected chi connectivity index (χ1v) is 11.0. The summed E-state index contributed by atoms with van der Waals surface area (Å²) in [5.74, 6) is 0.822. The highest BCUT2D eigenvalue weighted by molar-refractivity contribution is 7.84. The van der Waals surface area contributed by atoms with Gasteiger partial charge in [-0.3, -0.25) is 9.00 Å². The lowest BCUT2D eigenvalue weighted by Gasteiger charge is -2.21. The Morgan fingerprint density at radius 2 is 2.04 bits per heavy atom. The molecule has 1 saturated heterocycles. The number of benzene rings is 2. The van der Waals surface area contributed by atoms with Crippen molar-refractivity contribution in [2.45, 2.75) is 30.8 Å². The van der Waals surface area contributed by atoms with E-state index in [4.69, 9.17) is 21.1 Å². The molecule has 1 amide bonds. The Morgan fingerprint density at radius 3 is 2.79 bits per heavy atom. The molecule has 28 heavy (non-hydrogen) atoms. The maximum atomic E-state index is 12.6. The van der Waals surface area contributed by atoms with E-state index >= 15 is 0 Å². The first-order chi connectivity index (χ1) is 13.5. The smallest absolute Gasteiger partial charge is 0.262 e. The summed E-state index contributed by atoms with van der Waals surface area (Å²) >= 11 is 5.99. The van der Waals surface area contributed by atoms with E-state index in [2.05, 4.69) is 5.32 Å². The summed E-state index contributed by atoms with van der Waals surface area (Å²) in [7, 11) is -0.939. The van der Waals surface area contributed by atoms with Gasteiger partial charge in [-0.25, -0.2) is 0 Å². The van der Waals surface area contributed by atoms with Crippen molar-refractivity contribution < 1.29 is 18.5 Å². The summed E-state index contributed by atoms with van der Waals surface area (Å²) in [5, 5.41) is 3.66. The van der Waals surface area contributed by atoms with Gasteiger partial charge in [0.15, 0.2) is 6.61 Å². The van der Waals surface area contributed by atoms with Gasteiger partial charge in [-0.05, 0) is 61.2 Å². The second kappa shape index (κ2) is 10.0. The van der Waals surface area contributed by atoms with Crippen LogP contribution in [-0.4, -0.2) is 35.2 Å². The zero-order valence-electron chi connectivity index (χ0n) is 15.8. The Hall–Kier alpha value is -1.89. The zero-order chi connectivity index (χ0) is 19.9. The van der Waals surface area contributed by atoms with Crippen LogP contribution in [0.2, 0.25) is 5.02 Å². The Morgan fingerprint density at radius 1 is 1.25 bits per heavy atom. The molecular formula is C21H24ClNO4S. The van der Waals surface area contributed by atoms with Crippen LogP contribution in [-0.2, 0) is 26.1 Å². The predicted molar refractivity (Wildman–Crippen MR) is 112 cm³/mol. The van der Waals surface area contributed by atoms with Crippen LogP contribution in [0.4, 0.5) is 5.69 Å². The van der Waals surface area contributed by atoms with Crippen molar-refractivity contribution in [2.75, 3.05) is 25.1 Å². The molecule has 2 aromatic carbocycles. The molecule has 0 saturated carbocycles. The minimum absolute atomic E-state index is 0.0979. The Balaban J connectivity index is 1.52. The fourth-order valence-electron chi connectivity index (χ4n) is 3.01. The molecule has 5 nitrogen and oxygen atoms in total. The van der Waals surface area contributed by atoms with E-state index in [0.29, 0.717) is 35.4 Å². The van der Waals surface area contributed by atoms with Crippen molar-refractivity contribution in [1.29, 1.82) is 0 Å². The van der Waals surface area contributed by atoms with Gasteiger partial charge in [-0.2, -0.15) is 0 Å². The third kappa shape index (κ3) is 6.06. The first kappa shape index (κ1) is 20.8. The molecule has 1 fully saturated rings. The Bertz CT molecular complexity index is 852. The molecule has 1 atom stereocenters. The highest BCUT2D eigenvalue weighted by Gasteiger charge is 2.20. The van der Waals surface area contributed by atoms with Gasteiger partial charge in [0.05, 0.1) is 0 Å². The van der Waals surface area contributed by atoms with Crippen LogP contribution >= 0.6 is 11.6 Å². The highest BCUT2D eigenvalue weighted by Crippen LogP contribution is 2.21. The van der Waals surface area contributed by atoms with E-state index in [9.17, 15) is 9.00 Å². The summed E-state index contributed by atoms with van der Waals surface area (Å²) in [4.78, 5) is 12.2. The molecule has 1 aliphatic rings. The SMILES string of the molecule is Cc1cc(OCC(=O)Nc2cccc(CS(=O)C3CCOCC3)c2)ccc1Cl. The number of amides is 1. The van der Waals surface area contributed by atoms with Crippen LogP contribution in [0.5, 0.6) is 5.75 Å². The molecule has 7 heteroatoms. The van der Waals surface area contributed by atoms with Gasteiger partial charge in [0.1, 0.15) is 5.75 Å². The van der Waals surface area contributed by atoms with Gasteiger partial charge < -0.3 is 14.8 Å². The summed E-state index contributed by atoms with van der Waals surface area (Å²) in [6.07, 6.45) is 1.68. The van der Waals surface area contributed by atoms with Crippen LogP contribution in [0.3, 0.4) is 0 Å². The van der Waals surface area contributed by atoms with Gasteiger partial charge in [0.25, 0.3) is 5.91 Å². The zero-order valence-corrected chi connectivity index (χ0v) is 17.4. The summed E-state index contributed by atoms with van der Waals surface area (Å²) in [5.41, 5.74) is 2.50. The van der Waals surface area contributed by atoms with Gasteiger partial charge in [-0.1, -0.05) is 23.7 Å². The molecule has 0 aromatic heterocycles. The Labute approximate surface area is 172 Å². The van der Waals surface area contributed by atoms with Gasteiger partial charge in [0, 0.05) is 45.7 Å². The number of rotatable bonds is 7. The lowest BCUT2D eigenvalue weighted by atomic mass is 10.2. The molecular weight excluding hydrogens is 398 g/mol. The van der Waals surface area contributed by atoms with Crippen molar-refractivity contribution in [3.63, 3.8) is 0 Å². The number of carbonyl (C=O) groups excluding carboxylic acids is 1. The number of anilines is 1. The third-order valence-electron chi connectivity index (χ3n) is 4.56. The van der Waals surface area contributed by atoms with E-state index in [-0.39, 0.29) is 17.8 Å². The van der Waals surface area contributed by atoms with Crippen LogP contribution in [0.1, 0.15) is 24.0 Å². The second-order valence-electron chi connectivity index (χ2n) is 6.79. The van der Waals surface area contributed by atoms with Crippen molar-refractivity contribution in [1.82, 2.24) is 0 Å². The fourth-order valence-corrected chi connectivity index (χ4v) is 4.59. The van der Waals surface area contributed by atoms with Crippen LogP contribution < -0.4 is 10.1 Å². The van der Waals surface area contributed by atoms with Crippen molar-refractivity contribution in [3.8, 4) is 5.75 Å². The van der Waals surface area contributed by atoms with E-state index in [0.717, 1.165) is 24.0 Å². The molecule has 1 N–H and O–H groups in total. The average Bonchev–Trinajstić information content (AvgIpc) is 2.70. The highest BCUT2D eigenvalue weighted by atomic mass is 35.5. The fraction of sp³-hybridized carbons (Fsp3) is 0.381. The molecule has 1 heterocycles. The van der Waals surface area contributed by atoms with Crippen LogP contribution in [0, 0.1) is 6.92 Å². The number of hydrogen-bond acceptors (Lipinski definition) is 4. The molecule has 150 valence electrons. The summed E-state index contributed by atoms with van der Waals surface area (Å²) in [6.45, 7) is 3.14. The van der Waals surface area contributed by atoms with Gasteiger partial charge in [-0.15, -0.1) is 0 Å². The molecule has 2 aromatic rings. The number of aryl methyl sites for hydroxylation is 1. The minimum Gasteiger partial charge on any atom is -0.484 e. The number of carbonyl (C=O) groups is 1. The predicted octanol–water partition coefficient (Wildman–Crippen LogP) is 4.09. The Kier molecular flexibility index (Phi) is 7.48. The number of ether oxygens (including phenoxy) is 2. The van der Waals surface area contributed by atoms with E-state index < -0.39 is 10.8 Å². The monoisotopic (exact) mass is 421 g/mol. The number of nitrogens with one attached hydrogen (secondary N) is 1. The average molecular weight is 422 g/mol. The summed E-state index contributed by atoms with van der Waals surface area (Å²) < 4.78 is 23.4. The maximum absolute atomic E-state index is 12.6.